The van der Waals surface area contributed by atoms with Gasteiger partial charge in [-0.3, -0.25) is 18.4 Å². The Morgan fingerprint density at radius 2 is 1.45 bits per heavy atom. The zero-order valence-electron chi connectivity index (χ0n) is 30.8. The normalized spacial score (nSPS) is 18.0. The summed E-state index contributed by atoms with van der Waals surface area (Å²) in [7, 11) is 0. The number of hydrogen-bond donors (Lipinski definition) is 0. The van der Waals surface area contributed by atoms with E-state index in [0.717, 1.165) is 70.1 Å². The van der Waals surface area contributed by atoms with Gasteiger partial charge >= 0.3 is 21.1 Å². The molecule has 0 N–H and O–H groups in total. The molecule has 0 unspecified atom stereocenters. The van der Waals surface area contributed by atoms with E-state index in [9.17, 15) is 0 Å². The molecule has 1 saturated carbocycles. The average Bonchev–Trinajstić information content (AvgIpc) is 3.89. The molecule has 53 heavy (non-hydrogen) atoms. The Hall–Kier alpha value is -4.41. The predicted molar refractivity (Wildman–Crippen MR) is 199 cm³/mol. The fourth-order valence-electron chi connectivity index (χ4n) is 8.75. The van der Waals surface area contributed by atoms with Crippen molar-refractivity contribution in [2.24, 2.45) is 0 Å². The molecule has 4 aromatic carbocycles. The van der Waals surface area contributed by atoms with Gasteiger partial charge in [-0.25, -0.2) is 0 Å². The van der Waals surface area contributed by atoms with Gasteiger partial charge in [0.2, 0.25) is 0 Å². The Morgan fingerprint density at radius 3 is 2.08 bits per heavy atom. The second-order valence-electron chi connectivity index (χ2n) is 16.8. The van der Waals surface area contributed by atoms with Gasteiger partial charge in [-0.05, 0) is 92.8 Å². The third kappa shape index (κ3) is 5.63. The van der Waals surface area contributed by atoms with E-state index in [-0.39, 0.29) is 49.1 Å². The number of hydrogen-bond acceptors (Lipinski definition) is 3. The van der Waals surface area contributed by atoms with Crippen LogP contribution in [-0.2, 0) is 37.3 Å². The fourth-order valence-corrected chi connectivity index (χ4v) is 8.75. The van der Waals surface area contributed by atoms with Crippen LogP contribution in [0.3, 0.4) is 0 Å². The van der Waals surface area contributed by atoms with Crippen LogP contribution in [0.25, 0.3) is 16.8 Å². The number of aromatic nitrogens is 3. The molecule has 3 aliphatic carbocycles. The molecule has 2 heterocycles. The van der Waals surface area contributed by atoms with Crippen molar-refractivity contribution in [1.29, 1.82) is 0 Å². The molecular weight excluding hydrogens is 844 g/mol. The molecule has 4 nitrogen and oxygen atoms in total. The molecule has 9 rings (SSSR count). The van der Waals surface area contributed by atoms with Gasteiger partial charge in [0.25, 0.3) is 0 Å². The Kier molecular flexibility index (Phi) is 8.46. The van der Waals surface area contributed by atoms with Crippen LogP contribution < -0.4 is 4.74 Å². The van der Waals surface area contributed by atoms with E-state index >= 15 is 8.78 Å². The molecule has 2 aromatic heterocycles. The summed E-state index contributed by atoms with van der Waals surface area (Å²) < 4.78 is 38.6. The summed E-state index contributed by atoms with van der Waals surface area (Å²) in [6.07, 6.45) is 7.06. The topological polar surface area (TPSA) is 39.9 Å². The van der Waals surface area contributed by atoms with Crippen molar-refractivity contribution in [3.63, 3.8) is 0 Å². The van der Waals surface area contributed by atoms with Gasteiger partial charge in [0.15, 0.2) is 0 Å². The molecule has 2 atom stereocenters. The van der Waals surface area contributed by atoms with Crippen molar-refractivity contribution in [3.8, 4) is 28.3 Å². The van der Waals surface area contributed by atoms with Gasteiger partial charge in [0, 0.05) is 35.6 Å². The van der Waals surface area contributed by atoms with Crippen molar-refractivity contribution in [2.75, 3.05) is 0 Å². The van der Waals surface area contributed by atoms with Crippen molar-refractivity contribution >= 4 is 0 Å². The minimum absolute atomic E-state index is 0. The molecule has 270 valence electrons. The van der Waals surface area contributed by atoms with E-state index in [1.165, 1.54) is 15.8 Å². The summed E-state index contributed by atoms with van der Waals surface area (Å²) in [5.41, 5.74) is 9.71. The van der Waals surface area contributed by atoms with Crippen molar-refractivity contribution in [3.05, 3.63) is 160 Å². The summed E-state index contributed by atoms with van der Waals surface area (Å²) in [6.45, 7) is 13.3. The smallest absolute Gasteiger partial charge is 0.506 e. The van der Waals surface area contributed by atoms with Crippen LogP contribution in [0.2, 0.25) is 0 Å². The zero-order chi connectivity index (χ0) is 36.2. The fraction of sp³-hybridized carbons (Fsp3) is 0.304. The SMILES string of the molecule is CC(C)(C)c1ccc2c(c1)C(c1[c-]c(Oc3[c-]c(-n4cc5c(n4)[C@@H]4CC[C@H]5C4)c(F)cc3F)ccc1)(c1ccccn1)c1cc(C(C)(C)C)ccc1-2.[Pt+2]. The van der Waals surface area contributed by atoms with Crippen LogP contribution in [0.5, 0.6) is 11.5 Å². The molecule has 7 heteroatoms. The standard InChI is InChI=1S/C46H41F2N3O.Pt/c1-44(2,3)29-15-17-33-34-18-16-30(45(4,5)6)23-37(34)46(36(33)22-29,42-12-7-8-19-49-42)31-10-9-11-32(21-31)52-41-25-40(38(47)24-39(41)48)51-26-35-27-13-14-28(20-27)43(35)50-51;/h7-12,15-19,22-24,26-28H,13-14,20H2,1-6H3;/q-2;+2/t27-,28+;/m0./s1. The van der Waals surface area contributed by atoms with E-state index in [1.807, 2.05) is 36.7 Å². The van der Waals surface area contributed by atoms with Crippen LogP contribution in [-0.4, -0.2) is 14.8 Å². The first-order valence-corrected chi connectivity index (χ1v) is 18.3. The number of rotatable bonds is 5. The minimum atomic E-state index is -0.862. The second-order valence-corrected chi connectivity index (χ2v) is 16.8. The van der Waals surface area contributed by atoms with Crippen molar-refractivity contribution < 1.29 is 34.6 Å². The summed E-state index contributed by atoms with van der Waals surface area (Å²) in [6, 6.07) is 32.6. The Balaban J connectivity index is 0.00000400. The predicted octanol–water partition coefficient (Wildman–Crippen LogP) is 11.3. The third-order valence-corrected chi connectivity index (χ3v) is 11.5. The molecule has 3 aliphatic rings. The molecule has 6 aromatic rings. The summed E-state index contributed by atoms with van der Waals surface area (Å²) >= 11 is 0. The molecule has 0 spiro atoms. The quantitative estimate of drug-likeness (QED) is 0.162. The van der Waals surface area contributed by atoms with E-state index in [0.29, 0.717) is 11.8 Å². The molecule has 1 fully saturated rings. The summed E-state index contributed by atoms with van der Waals surface area (Å²) in [5, 5.41) is 4.74. The Labute approximate surface area is 324 Å². The van der Waals surface area contributed by atoms with Gasteiger partial charge in [0.05, 0.1) is 22.6 Å². The van der Waals surface area contributed by atoms with Crippen LogP contribution in [0, 0.1) is 23.8 Å². The van der Waals surface area contributed by atoms with Crippen molar-refractivity contribution in [1.82, 2.24) is 14.8 Å². The van der Waals surface area contributed by atoms with E-state index in [4.69, 9.17) is 14.8 Å². The first-order valence-electron chi connectivity index (χ1n) is 18.3. The average molecular weight is 885 g/mol. The van der Waals surface area contributed by atoms with Crippen LogP contribution in [0.15, 0.2) is 91.3 Å². The maximum Gasteiger partial charge on any atom is 2.00 e. The van der Waals surface area contributed by atoms with Crippen LogP contribution in [0.4, 0.5) is 8.78 Å². The number of halogens is 2. The van der Waals surface area contributed by atoms with Gasteiger partial charge in [-0.15, -0.1) is 23.8 Å². The third-order valence-electron chi connectivity index (χ3n) is 11.5. The maximum absolute atomic E-state index is 15.5. The molecule has 2 bridgehead atoms. The van der Waals surface area contributed by atoms with Crippen LogP contribution in [0.1, 0.15) is 117 Å². The van der Waals surface area contributed by atoms with E-state index < -0.39 is 17.0 Å². The maximum atomic E-state index is 15.5. The van der Waals surface area contributed by atoms with Crippen molar-refractivity contribution in [2.45, 2.75) is 88.9 Å². The number of pyridine rings is 1. The van der Waals surface area contributed by atoms with E-state index in [1.54, 1.807) is 6.07 Å². The first-order chi connectivity index (χ1) is 24.8. The molecule has 0 aliphatic heterocycles. The number of ether oxygens (including phenoxy) is 1. The van der Waals surface area contributed by atoms with Crippen LogP contribution >= 0.6 is 0 Å². The molecule has 0 amide bonds. The monoisotopic (exact) mass is 884 g/mol. The Bertz CT molecular complexity index is 2300. The molecule has 0 radical (unpaired) electrons. The zero-order valence-corrected chi connectivity index (χ0v) is 33.0. The molecule has 0 saturated heterocycles. The molecular formula is C46H41F2N3OPt. The second kappa shape index (κ2) is 12.6. The van der Waals surface area contributed by atoms with Gasteiger partial charge in [0.1, 0.15) is 0 Å². The summed E-state index contributed by atoms with van der Waals surface area (Å²) in [4.78, 5) is 5.03. The number of nitrogens with zero attached hydrogens (tertiary/aromatic N) is 3. The summed E-state index contributed by atoms with van der Waals surface area (Å²) in [5.74, 6) is -0.646. The minimum Gasteiger partial charge on any atom is -0.506 e. The number of fused-ring (bicyclic) bond motifs is 8. The van der Waals surface area contributed by atoms with Gasteiger partial charge < -0.3 is 4.74 Å². The largest absolute Gasteiger partial charge is 2.00 e. The van der Waals surface area contributed by atoms with Gasteiger partial charge in [-0.2, -0.15) is 17.2 Å². The van der Waals surface area contributed by atoms with Gasteiger partial charge in [-0.1, -0.05) is 90.1 Å². The Morgan fingerprint density at radius 1 is 0.774 bits per heavy atom. The van der Waals surface area contributed by atoms with E-state index in [2.05, 4.69) is 96.1 Å². The number of benzene rings is 4. The first kappa shape index (κ1) is 35.6.